The Bertz CT molecular complexity index is 702. The Morgan fingerprint density at radius 2 is 2.18 bits per heavy atom. The smallest absolute Gasteiger partial charge is 0.267 e. The number of aromatic nitrogens is 3. The Labute approximate surface area is 127 Å². The normalized spacial score (nSPS) is 10.1. The molecule has 7 heteroatoms. The fourth-order valence-electron chi connectivity index (χ4n) is 1.32. The predicted octanol–water partition coefficient (Wildman–Crippen LogP) is 2.71. The van der Waals surface area contributed by atoms with Crippen LogP contribution < -0.4 is 5.56 Å². The second-order valence-corrected chi connectivity index (χ2v) is 5.42. The maximum atomic E-state index is 12.1. The monoisotopic (exact) mass is 467 g/mol. The molecule has 0 atom stereocenters. The third-order valence-electron chi connectivity index (χ3n) is 2.04. The molecule has 0 radical (unpaired) electrons. The largest absolute Gasteiger partial charge is 0.278 e. The molecule has 0 spiro atoms. The van der Waals surface area contributed by atoms with Crippen molar-refractivity contribution in [2.24, 2.45) is 0 Å². The summed E-state index contributed by atoms with van der Waals surface area (Å²) in [4.78, 5) is 12.1. The van der Waals surface area contributed by atoms with Crippen LogP contribution in [-0.2, 0) is 6.54 Å². The van der Waals surface area contributed by atoms with Crippen LogP contribution in [0.1, 0.15) is 0 Å². The van der Waals surface area contributed by atoms with Crippen LogP contribution in [0.4, 0.5) is 0 Å². The van der Waals surface area contributed by atoms with Crippen molar-refractivity contribution in [3.05, 3.63) is 31.4 Å². The van der Waals surface area contributed by atoms with E-state index in [0.717, 1.165) is 8.95 Å². The summed E-state index contributed by atoms with van der Waals surface area (Å²) in [6, 6.07) is 3.55. The van der Waals surface area contributed by atoms with Gasteiger partial charge in [0, 0.05) is 31.5 Å². The lowest BCUT2D eigenvalue weighted by Gasteiger charge is -2.03. The van der Waals surface area contributed by atoms with Crippen LogP contribution in [0.5, 0.6) is 0 Å². The van der Waals surface area contributed by atoms with Gasteiger partial charge in [0.1, 0.15) is 12.1 Å². The van der Waals surface area contributed by atoms with Crippen molar-refractivity contribution in [3.8, 4) is 9.85 Å². The lowest BCUT2D eigenvalue weighted by molar-refractivity contribution is 0.620. The van der Waals surface area contributed by atoms with Gasteiger partial charge in [-0.2, -0.15) is 4.68 Å². The summed E-state index contributed by atoms with van der Waals surface area (Å²) in [5.41, 5.74) is 0.355. The van der Waals surface area contributed by atoms with Crippen LogP contribution in [0.2, 0.25) is 0 Å². The second kappa shape index (κ2) is 5.46. The molecular formula is C10H4Br2IN3O. The number of fused-ring (bicyclic) bond motifs is 1. The third-order valence-corrected chi connectivity index (χ3v) is 3.49. The van der Waals surface area contributed by atoms with Crippen molar-refractivity contribution >= 4 is 65.4 Å². The molecule has 4 nitrogen and oxygen atoms in total. The average molecular weight is 469 g/mol. The highest BCUT2D eigenvalue weighted by atomic mass is 127. The minimum absolute atomic E-state index is 0.198. The summed E-state index contributed by atoms with van der Waals surface area (Å²) in [5.74, 6) is 2.77. The van der Waals surface area contributed by atoms with E-state index in [-0.39, 0.29) is 12.1 Å². The van der Waals surface area contributed by atoms with Crippen LogP contribution in [0.3, 0.4) is 0 Å². The van der Waals surface area contributed by atoms with Crippen molar-refractivity contribution in [2.45, 2.75) is 6.54 Å². The molecular weight excluding hydrogens is 465 g/mol. The highest BCUT2D eigenvalue weighted by molar-refractivity contribution is 14.1. The SMILES string of the molecule is O=c1c2cc(Br)cc(Br)c2nnn1CC#CI. The Hall–Kier alpha value is -0.460. The summed E-state index contributed by atoms with van der Waals surface area (Å²) in [6.45, 7) is 0.245. The first-order chi connectivity index (χ1) is 8.13. The highest BCUT2D eigenvalue weighted by Gasteiger charge is 2.08. The number of hydrogen-bond acceptors (Lipinski definition) is 3. The minimum Gasteiger partial charge on any atom is -0.267 e. The van der Waals surface area contributed by atoms with Gasteiger partial charge in [-0.1, -0.05) is 27.1 Å². The maximum absolute atomic E-state index is 12.1. The Morgan fingerprint density at radius 3 is 2.88 bits per heavy atom. The molecule has 1 heterocycles. The first-order valence-corrected chi connectivity index (χ1v) is 7.11. The van der Waals surface area contributed by atoms with Crippen LogP contribution in [0.15, 0.2) is 25.9 Å². The summed E-state index contributed by atoms with van der Waals surface area (Å²) < 4.78 is 5.48. The van der Waals surface area contributed by atoms with Gasteiger partial charge in [-0.05, 0) is 32.0 Å². The molecule has 0 amide bonds. The molecule has 2 rings (SSSR count). The van der Waals surface area contributed by atoms with Gasteiger partial charge < -0.3 is 0 Å². The molecule has 0 aliphatic rings. The Balaban J connectivity index is 2.73. The fraction of sp³-hybridized carbons (Fsp3) is 0.100. The summed E-state index contributed by atoms with van der Waals surface area (Å²) in [7, 11) is 0. The van der Waals surface area contributed by atoms with Gasteiger partial charge >= 0.3 is 0 Å². The topological polar surface area (TPSA) is 47.8 Å². The van der Waals surface area contributed by atoms with Crippen LogP contribution in [-0.4, -0.2) is 15.0 Å². The molecule has 1 aromatic heterocycles. The van der Waals surface area contributed by atoms with E-state index in [1.165, 1.54) is 4.68 Å². The van der Waals surface area contributed by atoms with E-state index >= 15 is 0 Å². The third kappa shape index (κ3) is 2.69. The van der Waals surface area contributed by atoms with Crippen LogP contribution >= 0.6 is 54.5 Å². The van der Waals surface area contributed by atoms with E-state index in [4.69, 9.17) is 0 Å². The van der Waals surface area contributed by atoms with E-state index in [1.807, 2.05) is 28.7 Å². The number of nitrogens with zero attached hydrogens (tertiary/aromatic N) is 3. The van der Waals surface area contributed by atoms with E-state index in [1.54, 1.807) is 6.07 Å². The standard InChI is InChI=1S/C10H4Br2IN3O/c11-6-4-7-9(8(12)5-6)14-15-16(10(7)17)3-1-2-13/h4-5H,3H2. The maximum Gasteiger partial charge on any atom is 0.278 e. The number of halogens is 3. The average Bonchev–Trinajstić information content (AvgIpc) is 2.29. The van der Waals surface area contributed by atoms with Gasteiger partial charge in [0.05, 0.1) is 5.39 Å². The van der Waals surface area contributed by atoms with Crippen molar-refractivity contribution in [1.29, 1.82) is 0 Å². The van der Waals surface area contributed by atoms with Gasteiger partial charge in [-0.25, -0.2) is 0 Å². The van der Waals surface area contributed by atoms with Gasteiger partial charge in [0.15, 0.2) is 0 Å². The molecule has 0 saturated carbocycles. The lowest BCUT2D eigenvalue weighted by Crippen LogP contribution is -2.23. The zero-order chi connectivity index (χ0) is 12.4. The molecule has 1 aromatic carbocycles. The molecule has 0 bridgehead atoms. The number of benzene rings is 1. The Kier molecular flexibility index (Phi) is 4.17. The summed E-state index contributed by atoms with van der Waals surface area (Å²) >= 11 is 8.60. The minimum atomic E-state index is -0.198. The predicted molar refractivity (Wildman–Crippen MR) is 81.0 cm³/mol. The van der Waals surface area contributed by atoms with E-state index in [0.29, 0.717) is 10.9 Å². The van der Waals surface area contributed by atoms with Gasteiger partial charge in [0.2, 0.25) is 0 Å². The zero-order valence-corrected chi connectivity index (χ0v) is 13.6. The zero-order valence-electron chi connectivity index (χ0n) is 8.25. The lowest BCUT2D eigenvalue weighted by atomic mass is 10.2. The molecule has 2 aromatic rings. The summed E-state index contributed by atoms with van der Waals surface area (Å²) in [5, 5.41) is 8.36. The van der Waals surface area contributed by atoms with Crippen molar-refractivity contribution in [2.75, 3.05) is 0 Å². The van der Waals surface area contributed by atoms with Gasteiger partial charge in [-0.15, -0.1) is 5.10 Å². The Morgan fingerprint density at radius 1 is 1.41 bits per heavy atom. The van der Waals surface area contributed by atoms with Crippen molar-refractivity contribution in [1.82, 2.24) is 15.0 Å². The van der Waals surface area contributed by atoms with Crippen LogP contribution in [0.25, 0.3) is 10.9 Å². The van der Waals surface area contributed by atoms with Crippen molar-refractivity contribution in [3.63, 3.8) is 0 Å². The van der Waals surface area contributed by atoms with Crippen molar-refractivity contribution < 1.29 is 0 Å². The van der Waals surface area contributed by atoms with E-state index < -0.39 is 0 Å². The number of rotatable bonds is 1. The quantitative estimate of drug-likeness (QED) is 0.477. The van der Waals surface area contributed by atoms with Crippen LogP contribution in [0, 0.1) is 9.85 Å². The van der Waals surface area contributed by atoms with E-state index in [9.17, 15) is 4.79 Å². The first-order valence-electron chi connectivity index (χ1n) is 4.44. The molecule has 0 aliphatic carbocycles. The molecule has 86 valence electrons. The fourth-order valence-corrected chi connectivity index (χ4v) is 2.79. The molecule has 0 saturated heterocycles. The van der Waals surface area contributed by atoms with Gasteiger partial charge in [-0.3, -0.25) is 4.79 Å². The molecule has 0 fully saturated rings. The first kappa shape index (κ1) is 13.0. The summed E-state index contributed by atoms with van der Waals surface area (Å²) in [6.07, 6.45) is 0. The molecule has 0 aliphatic heterocycles. The van der Waals surface area contributed by atoms with E-state index in [2.05, 4.69) is 52.0 Å². The van der Waals surface area contributed by atoms with Gasteiger partial charge in [0.25, 0.3) is 5.56 Å². The molecule has 17 heavy (non-hydrogen) atoms. The second-order valence-electron chi connectivity index (χ2n) is 3.11. The molecule has 0 unspecified atom stereocenters. The molecule has 0 N–H and O–H groups in total. The highest BCUT2D eigenvalue weighted by Crippen LogP contribution is 2.24. The number of hydrogen-bond donors (Lipinski definition) is 0.